The number of carbonyl (C=O) groups excluding carboxylic acids is 1. The average Bonchev–Trinajstić information content (AvgIpc) is 2.86. The van der Waals surface area contributed by atoms with Gasteiger partial charge in [0, 0.05) is 29.8 Å². The molecule has 1 unspecified atom stereocenters. The van der Waals surface area contributed by atoms with E-state index in [0.717, 1.165) is 51.5 Å². The summed E-state index contributed by atoms with van der Waals surface area (Å²) in [4.78, 5) is 17.9. The van der Waals surface area contributed by atoms with Crippen LogP contribution >= 0.6 is 0 Å². The number of rotatable bonds is 6. The number of ketones is 1. The Hall–Kier alpha value is -1.22. The second-order valence-corrected chi connectivity index (χ2v) is 8.33. The number of nitrogens with one attached hydrogen (secondary N) is 1. The fourth-order valence-corrected chi connectivity index (χ4v) is 4.38. The molecule has 144 valence electrons. The van der Waals surface area contributed by atoms with Crippen LogP contribution in [0.2, 0.25) is 0 Å². The van der Waals surface area contributed by atoms with E-state index >= 15 is 0 Å². The van der Waals surface area contributed by atoms with E-state index in [1.165, 1.54) is 49.1 Å². The third-order valence-corrected chi connectivity index (χ3v) is 6.34. The third kappa shape index (κ3) is 5.64. The summed E-state index contributed by atoms with van der Waals surface area (Å²) in [7, 11) is 0. The molecule has 3 aliphatic rings. The fourth-order valence-electron chi connectivity index (χ4n) is 4.38. The molecule has 1 heterocycles. The summed E-state index contributed by atoms with van der Waals surface area (Å²) in [5, 5.41) is 3.51. The van der Waals surface area contributed by atoms with E-state index in [2.05, 4.69) is 24.4 Å². The molecule has 0 aromatic carbocycles. The van der Waals surface area contributed by atoms with Crippen molar-refractivity contribution in [1.82, 2.24) is 5.32 Å². The summed E-state index contributed by atoms with van der Waals surface area (Å²) in [6.45, 7) is 3.32. The highest BCUT2D eigenvalue weighted by Crippen LogP contribution is 2.26. The van der Waals surface area contributed by atoms with Crippen LogP contribution in [0.25, 0.3) is 0 Å². The quantitative estimate of drug-likeness (QED) is 0.387. The van der Waals surface area contributed by atoms with Crippen molar-refractivity contribution in [2.24, 2.45) is 10.9 Å². The Morgan fingerprint density at radius 2 is 1.73 bits per heavy atom. The number of aliphatic imine (C=N–C) groups is 1. The lowest BCUT2D eigenvalue weighted by Crippen LogP contribution is -2.48. The molecule has 1 N–H and O–H groups in total. The maximum absolute atomic E-state index is 12.7. The summed E-state index contributed by atoms with van der Waals surface area (Å²) in [6, 6.07) is 0.401. The summed E-state index contributed by atoms with van der Waals surface area (Å²) in [6.07, 6.45) is 19.0. The maximum atomic E-state index is 12.7. The Kier molecular flexibility index (Phi) is 7.67. The molecule has 0 spiro atoms. The first-order valence-electron chi connectivity index (χ1n) is 10.9. The van der Waals surface area contributed by atoms with Gasteiger partial charge in [0.25, 0.3) is 0 Å². The molecule has 1 aliphatic heterocycles. The molecule has 3 nitrogen and oxygen atoms in total. The molecule has 26 heavy (non-hydrogen) atoms. The Balaban J connectivity index is 1.64. The highest BCUT2D eigenvalue weighted by atomic mass is 16.1. The second-order valence-electron chi connectivity index (χ2n) is 8.33. The number of hydrogen-bond acceptors (Lipinski definition) is 3. The minimum absolute atomic E-state index is 0.320. The SMILES string of the molecule is C/C1=C(\N=C(CCC(=O)C2CCCCCC2)C2CCN2)CC/C=C/CC1. The lowest BCUT2D eigenvalue weighted by Gasteiger charge is -2.30. The summed E-state index contributed by atoms with van der Waals surface area (Å²) in [5.41, 5.74) is 3.94. The molecule has 2 fully saturated rings. The first kappa shape index (κ1) is 19.5. The van der Waals surface area contributed by atoms with Gasteiger partial charge in [-0.1, -0.05) is 43.4 Å². The zero-order chi connectivity index (χ0) is 18.2. The van der Waals surface area contributed by atoms with Crippen molar-refractivity contribution in [3.05, 3.63) is 23.4 Å². The molecular formula is C23H36N2O. The van der Waals surface area contributed by atoms with E-state index in [-0.39, 0.29) is 0 Å². The van der Waals surface area contributed by atoms with E-state index < -0.39 is 0 Å². The molecule has 1 saturated heterocycles. The lowest BCUT2D eigenvalue weighted by atomic mass is 9.90. The van der Waals surface area contributed by atoms with Crippen LogP contribution in [0.1, 0.15) is 90.4 Å². The first-order valence-corrected chi connectivity index (χ1v) is 10.9. The van der Waals surface area contributed by atoms with E-state index in [1.54, 1.807) is 0 Å². The number of Topliss-reactive ketones (excluding diaryl/α,β-unsaturated/α-hetero) is 1. The maximum Gasteiger partial charge on any atom is 0.136 e. The van der Waals surface area contributed by atoms with Crippen LogP contribution in [0.4, 0.5) is 0 Å². The van der Waals surface area contributed by atoms with Gasteiger partial charge in [-0.3, -0.25) is 9.79 Å². The molecule has 2 aliphatic carbocycles. The second kappa shape index (κ2) is 10.2. The van der Waals surface area contributed by atoms with Crippen LogP contribution in [0.3, 0.4) is 0 Å². The lowest BCUT2D eigenvalue weighted by molar-refractivity contribution is -0.123. The number of hydrogen-bond donors (Lipinski definition) is 1. The highest BCUT2D eigenvalue weighted by Gasteiger charge is 2.25. The summed E-state index contributed by atoms with van der Waals surface area (Å²) >= 11 is 0. The van der Waals surface area contributed by atoms with E-state index in [0.29, 0.717) is 24.2 Å². The smallest absolute Gasteiger partial charge is 0.136 e. The predicted octanol–water partition coefficient (Wildman–Crippen LogP) is 5.51. The van der Waals surface area contributed by atoms with Crippen LogP contribution in [-0.4, -0.2) is 24.1 Å². The molecule has 3 heteroatoms. The van der Waals surface area contributed by atoms with Gasteiger partial charge in [-0.2, -0.15) is 0 Å². The Bertz CT molecular complexity index is 561. The number of carbonyl (C=O) groups is 1. The van der Waals surface area contributed by atoms with Crippen molar-refractivity contribution in [2.75, 3.05) is 6.54 Å². The van der Waals surface area contributed by atoms with Crippen molar-refractivity contribution in [3.63, 3.8) is 0 Å². The zero-order valence-electron chi connectivity index (χ0n) is 16.6. The van der Waals surface area contributed by atoms with Gasteiger partial charge in [0.15, 0.2) is 0 Å². The molecule has 0 aromatic heterocycles. The normalized spacial score (nSPS) is 30.0. The van der Waals surface area contributed by atoms with Crippen LogP contribution in [-0.2, 0) is 4.79 Å². The third-order valence-electron chi connectivity index (χ3n) is 6.34. The van der Waals surface area contributed by atoms with Gasteiger partial charge in [0.1, 0.15) is 5.78 Å². The van der Waals surface area contributed by atoms with E-state index in [1.807, 2.05) is 0 Å². The minimum atomic E-state index is 0.320. The number of allylic oxidation sites excluding steroid dienone is 4. The molecule has 3 rings (SSSR count). The van der Waals surface area contributed by atoms with Gasteiger partial charge in [0.2, 0.25) is 0 Å². The Labute approximate surface area is 159 Å². The van der Waals surface area contributed by atoms with Crippen molar-refractivity contribution >= 4 is 11.5 Å². The van der Waals surface area contributed by atoms with E-state index in [9.17, 15) is 4.79 Å². The molecule has 0 aromatic rings. The largest absolute Gasteiger partial charge is 0.309 e. The Morgan fingerprint density at radius 1 is 1.04 bits per heavy atom. The topological polar surface area (TPSA) is 41.5 Å². The fraction of sp³-hybridized carbons (Fsp3) is 0.739. The van der Waals surface area contributed by atoms with Crippen molar-refractivity contribution in [2.45, 2.75) is 96.4 Å². The molecular weight excluding hydrogens is 320 g/mol. The van der Waals surface area contributed by atoms with Crippen molar-refractivity contribution in [3.8, 4) is 0 Å². The van der Waals surface area contributed by atoms with Gasteiger partial charge in [-0.15, -0.1) is 0 Å². The van der Waals surface area contributed by atoms with Crippen molar-refractivity contribution < 1.29 is 4.79 Å². The van der Waals surface area contributed by atoms with Gasteiger partial charge in [-0.05, 0) is 64.8 Å². The first-order chi connectivity index (χ1) is 12.7. The van der Waals surface area contributed by atoms with Gasteiger partial charge >= 0.3 is 0 Å². The minimum Gasteiger partial charge on any atom is -0.309 e. The van der Waals surface area contributed by atoms with Crippen LogP contribution in [0.5, 0.6) is 0 Å². The molecule has 1 atom stereocenters. The molecule has 0 radical (unpaired) electrons. The standard InChI is InChI=1S/C23H36N2O/c1-18-10-6-2-5-9-13-20(18)25-22(21-16-17-24-21)14-15-23(26)19-11-7-3-4-8-12-19/h2,5,19,21,24H,3-4,6-17H2,1H3/b5-2+,20-18+,25-22?. The molecule has 0 bridgehead atoms. The summed E-state index contributed by atoms with van der Waals surface area (Å²) < 4.78 is 0. The van der Waals surface area contributed by atoms with Gasteiger partial charge in [0.05, 0.1) is 0 Å². The highest BCUT2D eigenvalue weighted by molar-refractivity contribution is 5.94. The molecule has 1 saturated carbocycles. The van der Waals surface area contributed by atoms with E-state index in [4.69, 9.17) is 4.99 Å². The Morgan fingerprint density at radius 3 is 2.38 bits per heavy atom. The van der Waals surface area contributed by atoms with Crippen LogP contribution in [0.15, 0.2) is 28.4 Å². The van der Waals surface area contributed by atoms with Gasteiger partial charge < -0.3 is 5.32 Å². The average molecular weight is 357 g/mol. The predicted molar refractivity (Wildman–Crippen MR) is 110 cm³/mol. The van der Waals surface area contributed by atoms with Crippen LogP contribution < -0.4 is 5.32 Å². The zero-order valence-corrected chi connectivity index (χ0v) is 16.6. The van der Waals surface area contributed by atoms with Crippen molar-refractivity contribution in [1.29, 1.82) is 0 Å². The number of nitrogens with zero attached hydrogens (tertiary/aromatic N) is 1. The van der Waals surface area contributed by atoms with Crippen LogP contribution in [0, 0.1) is 5.92 Å². The molecule has 0 amide bonds. The summed E-state index contributed by atoms with van der Waals surface area (Å²) in [5.74, 6) is 0.811. The van der Waals surface area contributed by atoms with Gasteiger partial charge in [-0.25, -0.2) is 0 Å². The monoisotopic (exact) mass is 356 g/mol.